The molecule has 2 aliphatic rings. The van der Waals surface area contributed by atoms with Crippen LogP contribution in [0.25, 0.3) is 0 Å². The van der Waals surface area contributed by atoms with E-state index in [-0.39, 0.29) is 13.0 Å². The minimum Gasteiger partial charge on any atom is -0.481 e. The fraction of sp³-hybridized carbons (Fsp3) is 0.625. The van der Waals surface area contributed by atoms with E-state index in [2.05, 4.69) is 5.32 Å². The summed E-state index contributed by atoms with van der Waals surface area (Å²) in [5.41, 5.74) is 0.460. The van der Waals surface area contributed by atoms with E-state index in [0.29, 0.717) is 19.6 Å². The zero-order valence-electron chi connectivity index (χ0n) is 19.0. The van der Waals surface area contributed by atoms with Gasteiger partial charge in [-0.25, -0.2) is 4.79 Å². The molecule has 9 nitrogen and oxygen atoms in total. The molecule has 2 N–H and O–H groups in total. The molecule has 1 saturated carbocycles. The van der Waals surface area contributed by atoms with Crippen molar-refractivity contribution in [1.29, 1.82) is 0 Å². The standard InChI is InChI=1S/C24H33NO8/c1-17(33-23(29)25-16-24(15-20(26)27)10-6-3-7-11-24)32-21(28)19(22-30-12-13-31-22)14-18-8-4-2-5-9-18/h2,4-5,8-9,17,19,22H,3,6-7,10-16H2,1H3,(H,25,29)(H,26,27). The van der Waals surface area contributed by atoms with Gasteiger partial charge in [0, 0.05) is 13.5 Å². The van der Waals surface area contributed by atoms with Gasteiger partial charge in [-0.05, 0) is 30.2 Å². The number of carbonyl (C=O) groups excluding carboxylic acids is 2. The van der Waals surface area contributed by atoms with Crippen LogP contribution in [0.15, 0.2) is 30.3 Å². The largest absolute Gasteiger partial charge is 0.481 e. The number of ether oxygens (including phenoxy) is 4. The minimum absolute atomic E-state index is 0.000371. The Morgan fingerprint density at radius 3 is 2.39 bits per heavy atom. The number of nitrogens with one attached hydrogen (secondary N) is 1. The predicted molar refractivity (Wildman–Crippen MR) is 117 cm³/mol. The van der Waals surface area contributed by atoms with Gasteiger partial charge in [0.1, 0.15) is 5.92 Å². The highest BCUT2D eigenvalue weighted by molar-refractivity contribution is 5.74. The van der Waals surface area contributed by atoms with Crippen molar-refractivity contribution in [2.24, 2.45) is 11.3 Å². The van der Waals surface area contributed by atoms with Crippen LogP contribution in [0.2, 0.25) is 0 Å². The maximum absolute atomic E-state index is 12.8. The Hall–Kier alpha value is -2.65. The molecule has 2 unspecified atom stereocenters. The highest BCUT2D eigenvalue weighted by atomic mass is 16.7. The second kappa shape index (κ2) is 12.0. The van der Waals surface area contributed by atoms with E-state index in [9.17, 15) is 19.5 Å². The number of rotatable bonds is 10. The van der Waals surface area contributed by atoms with Crippen LogP contribution in [-0.2, 0) is 35.0 Å². The molecule has 2 atom stereocenters. The molecule has 2 fully saturated rings. The average molecular weight is 464 g/mol. The van der Waals surface area contributed by atoms with Crippen LogP contribution in [0.3, 0.4) is 0 Å². The molecule has 0 spiro atoms. The van der Waals surface area contributed by atoms with E-state index >= 15 is 0 Å². The van der Waals surface area contributed by atoms with Gasteiger partial charge < -0.3 is 29.4 Å². The van der Waals surface area contributed by atoms with Gasteiger partial charge in [0.15, 0.2) is 6.29 Å². The topological polar surface area (TPSA) is 120 Å². The number of amides is 1. The Morgan fingerprint density at radius 2 is 1.76 bits per heavy atom. The summed E-state index contributed by atoms with van der Waals surface area (Å²) in [5.74, 6) is -2.17. The first-order chi connectivity index (χ1) is 15.9. The molecule has 1 saturated heterocycles. The van der Waals surface area contributed by atoms with E-state index in [1.165, 1.54) is 6.92 Å². The third-order valence-electron chi connectivity index (χ3n) is 6.18. The Balaban J connectivity index is 1.52. The molecule has 1 heterocycles. The van der Waals surface area contributed by atoms with Gasteiger partial charge in [-0.2, -0.15) is 0 Å². The van der Waals surface area contributed by atoms with Crippen molar-refractivity contribution in [2.45, 2.75) is 64.4 Å². The number of hydrogen-bond donors (Lipinski definition) is 2. The molecule has 1 aromatic rings. The van der Waals surface area contributed by atoms with Crippen LogP contribution < -0.4 is 5.32 Å². The minimum atomic E-state index is -1.13. The lowest BCUT2D eigenvalue weighted by Crippen LogP contribution is -2.42. The Bertz CT molecular complexity index is 787. The summed E-state index contributed by atoms with van der Waals surface area (Å²) in [6.07, 6.45) is 2.19. The molecular weight excluding hydrogens is 430 g/mol. The summed E-state index contributed by atoms with van der Waals surface area (Å²) in [6.45, 7) is 2.46. The van der Waals surface area contributed by atoms with E-state index in [0.717, 1.165) is 37.7 Å². The van der Waals surface area contributed by atoms with Crippen LogP contribution in [0.4, 0.5) is 4.79 Å². The Morgan fingerprint density at radius 1 is 1.09 bits per heavy atom. The quantitative estimate of drug-likeness (QED) is 0.401. The van der Waals surface area contributed by atoms with Gasteiger partial charge in [-0.1, -0.05) is 49.6 Å². The normalized spacial score (nSPS) is 19.9. The number of benzene rings is 1. The molecule has 1 aromatic carbocycles. The summed E-state index contributed by atoms with van der Waals surface area (Å²) in [5, 5.41) is 11.9. The number of carbonyl (C=O) groups is 3. The van der Waals surface area contributed by atoms with Gasteiger partial charge >= 0.3 is 18.0 Å². The molecule has 1 aliphatic heterocycles. The van der Waals surface area contributed by atoms with E-state index in [1.54, 1.807) is 0 Å². The van der Waals surface area contributed by atoms with Crippen molar-refractivity contribution < 1.29 is 38.4 Å². The Labute approximate surface area is 193 Å². The highest BCUT2D eigenvalue weighted by Gasteiger charge is 2.37. The van der Waals surface area contributed by atoms with E-state index < -0.39 is 41.9 Å². The molecule has 0 bridgehead atoms. The van der Waals surface area contributed by atoms with Gasteiger partial charge in [0.2, 0.25) is 6.29 Å². The Kier molecular flexibility index (Phi) is 9.08. The molecule has 1 aliphatic carbocycles. The number of aliphatic carboxylic acids is 1. The molecule has 3 rings (SSSR count). The van der Waals surface area contributed by atoms with Gasteiger partial charge in [0.05, 0.1) is 19.6 Å². The number of hydrogen-bond acceptors (Lipinski definition) is 7. The lowest BCUT2D eigenvalue weighted by atomic mass is 9.72. The number of alkyl carbamates (subject to hydrolysis) is 1. The zero-order valence-corrected chi connectivity index (χ0v) is 19.0. The predicted octanol–water partition coefficient (Wildman–Crippen LogP) is 3.26. The van der Waals surface area contributed by atoms with Crippen molar-refractivity contribution in [2.75, 3.05) is 19.8 Å². The van der Waals surface area contributed by atoms with Crippen molar-refractivity contribution in [3.63, 3.8) is 0 Å². The summed E-state index contributed by atoms with van der Waals surface area (Å²) in [6, 6.07) is 9.46. The van der Waals surface area contributed by atoms with E-state index in [4.69, 9.17) is 18.9 Å². The zero-order chi connectivity index (χ0) is 23.7. The first-order valence-corrected chi connectivity index (χ1v) is 11.5. The number of carboxylic acids is 1. The molecular formula is C24H33NO8. The lowest BCUT2D eigenvalue weighted by molar-refractivity contribution is -0.183. The molecule has 182 valence electrons. The molecule has 9 heteroatoms. The van der Waals surface area contributed by atoms with Crippen LogP contribution >= 0.6 is 0 Å². The van der Waals surface area contributed by atoms with Crippen molar-refractivity contribution in [1.82, 2.24) is 5.32 Å². The van der Waals surface area contributed by atoms with E-state index in [1.807, 2.05) is 30.3 Å². The smallest absolute Gasteiger partial charge is 0.410 e. The molecule has 0 aromatic heterocycles. The monoisotopic (exact) mass is 463 g/mol. The van der Waals surface area contributed by atoms with Crippen molar-refractivity contribution in [3.05, 3.63) is 35.9 Å². The van der Waals surface area contributed by atoms with Gasteiger partial charge in [-0.3, -0.25) is 9.59 Å². The first-order valence-electron chi connectivity index (χ1n) is 11.5. The lowest BCUT2D eigenvalue weighted by Gasteiger charge is -2.36. The van der Waals surface area contributed by atoms with Crippen LogP contribution in [0.1, 0.15) is 51.0 Å². The summed E-state index contributed by atoms with van der Waals surface area (Å²) in [7, 11) is 0. The SMILES string of the molecule is CC(OC(=O)NCC1(CC(=O)O)CCCCC1)OC(=O)C(Cc1ccccc1)C1OCCO1. The van der Waals surface area contributed by atoms with Crippen LogP contribution in [0, 0.1) is 11.3 Å². The number of esters is 1. The van der Waals surface area contributed by atoms with Crippen LogP contribution in [0.5, 0.6) is 0 Å². The fourth-order valence-corrected chi connectivity index (χ4v) is 4.53. The fourth-order valence-electron chi connectivity index (χ4n) is 4.53. The maximum Gasteiger partial charge on any atom is 0.410 e. The molecule has 33 heavy (non-hydrogen) atoms. The maximum atomic E-state index is 12.8. The summed E-state index contributed by atoms with van der Waals surface area (Å²) in [4.78, 5) is 36.4. The molecule has 0 radical (unpaired) electrons. The average Bonchev–Trinajstić information content (AvgIpc) is 3.31. The third-order valence-corrected chi connectivity index (χ3v) is 6.18. The third kappa shape index (κ3) is 7.71. The van der Waals surface area contributed by atoms with Gasteiger partial charge in [-0.15, -0.1) is 0 Å². The summed E-state index contributed by atoms with van der Waals surface area (Å²) < 4.78 is 21.6. The second-order valence-corrected chi connectivity index (χ2v) is 8.80. The highest BCUT2D eigenvalue weighted by Crippen LogP contribution is 2.38. The van der Waals surface area contributed by atoms with Crippen molar-refractivity contribution >= 4 is 18.0 Å². The van der Waals surface area contributed by atoms with Crippen LogP contribution in [-0.4, -0.2) is 55.5 Å². The number of carboxylic acid groups (broad SMARTS) is 1. The van der Waals surface area contributed by atoms with Crippen molar-refractivity contribution in [3.8, 4) is 0 Å². The van der Waals surface area contributed by atoms with Gasteiger partial charge in [0.25, 0.3) is 0 Å². The first kappa shape index (κ1) is 25.0. The molecule has 1 amide bonds. The summed E-state index contributed by atoms with van der Waals surface area (Å²) >= 11 is 0. The second-order valence-electron chi connectivity index (χ2n) is 8.80.